The van der Waals surface area contributed by atoms with E-state index >= 15 is 0 Å². The van der Waals surface area contributed by atoms with E-state index in [0.717, 1.165) is 5.56 Å². The Hall–Kier alpha value is -2.14. The maximum atomic E-state index is 5.58. The molecule has 0 saturated carbocycles. The van der Waals surface area contributed by atoms with Gasteiger partial charge in [-0.05, 0) is 17.7 Å². The summed E-state index contributed by atoms with van der Waals surface area (Å²) in [6.07, 6.45) is 3.04. The topological polar surface area (TPSA) is 70.3 Å². The van der Waals surface area contributed by atoms with E-state index in [2.05, 4.69) is 9.97 Å². The van der Waals surface area contributed by atoms with Gasteiger partial charge in [0.05, 0.1) is 7.11 Å². The standard InChI is InChI=1S/C12H13N3O2/c1-16-11-6-9(7-13)2-3-10(11)17-12-4-5-14-8-15-12/h2-6,8H,7,13H2,1H3. The van der Waals surface area contributed by atoms with E-state index in [1.54, 1.807) is 19.4 Å². The molecule has 5 heteroatoms. The first-order valence-electron chi connectivity index (χ1n) is 5.14. The molecule has 2 N–H and O–H groups in total. The summed E-state index contributed by atoms with van der Waals surface area (Å²) in [6.45, 7) is 0.462. The van der Waals surface area contributed by atoms with Crippen LogP contribution in [0.25, 0.3) is 0 Å². The van der Waals surface area contributed by atoms with E-state index in [1.165, 1.54) is 6.33 Å². The van der Waals surface area contributed by atoms with Crippen LogP contribution in [0, 0.1) is 0 Å². The molecule has 2 rings (SSSR count). The van der Waals surface area contributed by atoms with E-state index in [9.17, 15) is 0 Å². The van der Waals surface area contributed by atoms with Crippen LogP contribution in [0.5, 0.6) is 17.4 Å². The minimum Gasteiger partial charge on any atom is -0.493 e. The highest BCUT2D eigenvalue weighted by molar-refractivity contribution is 5.44. The van der Waals surface area contributed by atoms with Crippen molar-refractivity contribution in [2.75, 3.05) is 7.11 Å². The van der Waals surface area contributed by atoms with E-state index in [4.69, 9.17) is 15.2 Å². The normalized spacial score (nSPS) is 10.0. The second-order valence-corrected chi connectivity index (χ2v) is 3.34. The first-order valence-corrected chi connectivity index (χ1v) is 5.14. The third kappa shape index (κ3) is 2.70. The van der Waals surface area contributed by atoms with Crippen LogP contribution in [0.4, 0.5) is 0 Å². The van der Waals surface area contributed by atoms with Gasteiger partial charge in [-0.3, -0.25) is 0 Å². The van der Waals surface area contributed by atoms with Crippen molar-refractivity contribution in [2.45, 2.75) is 6.54 Å². The van der Waals surface area contributed by atoms with Crippen LogP contribution in [0.15, 0.2) is 36.8 Å². The molecular weight excluding hydrogens is 218 g/mol. The molecule has 17 heavy (non-hydrogen) atoms. The second kappa shape index (κ2) is 5.27. The molecule has 1 heterocycles. The van der Waals surface area contributed by atoms with Gasteiger partial charge in [0.15, 0.2) is 11.5 Å². The Balaban J connectivity index is 2.26. The van der Waals surface area contributed by atoms with Crippen molar-refractivity contribution in [1.82, 2.24) is 9.97 Å². The Bertz CT molecular complexity index is 488. The Morgan fingerprint density at radius 3 is 2.76 bits per heavy atom. The summed E-state index contributed by atoms with van der Waals surface area (Å²) in [7, 11) is 1.59. The minimum atomic E-state index is 0.462. The summed E-state index contributed by atoms with van der Waals surface area (Å²) in [4.78, 5) is 7.80. The van der Waals surface area contributed by atoms with Gasteiger partial charge in [-0.15, -0.1) is 0 Å². The highest BCUT2D eigenvalue weighted by atomic mass is 16.5. The number of hydrogen-bond donors (Lipinski definition) is 1. The summed E-state index contributed by atoms with van der Waals surface area (Å²) in [5, 5.41) is 0. The third-order valence-corrected chi connectivity index (χ3v) is 2.23. The molecule has 0 aliphatic heterocycles. The van der Waals surface area contributed by atoms with Crippen LogP contribution in [0.2, 0.25) is 0 Å². The van der Waals surface area contributed by atoms with Crippen molar-refractivity contribution in [3.8, 4) is 17.4 Å². The van der Waals surface area contributed by atoms with Crippen LogP contribution in [0.3, 0.4) is 0 Å². The lowest BCUT2D eigenvalue weighted by molar-refractivity contribution is 0.373. The van der Waals surface area contributed by atoms with Gasteiger partial charge >= 0.3 is 0 Å². The SMILES string of the molecule is COc1cc(CN)ccc1Oc1ccncn1. The average molecular weight is 231 g/mol. The largest absolute Gasteiger partial charge is 0.493 e. The molecule has 0 saturated heterocycles. The zero-order valence-electron chi connectivity index (χ0n) is 9.46. The lowest BCUT2D eigenvalue weighted by Gasteiger charge is -2.10. The van der Waals surface area contributed by atoms with Crippen LogP contribution < -0.4 is 15.2 Å². The van der Waals surface area contributed by atoms with E-state index in [-0.39, 0.29) is 0 Å². The van der Waals surface area contributed by atoms with E-state index in [0.29, 0.717) is 23.9 Å². The van der Waals surface area contributed by atoms with Gasteiger partial charge in [-0.2, -0.15) is 0 Å². The average Bonchev–Trinajstić information content (AvgIpc) is 2.40. The highest BCUT2D eigenvalue weighted by Gasteiger charge is 2.06. The van der Waals surface area contributed by atoms with Gasteiger partial charge in [0.2, 0.25) is 5.88 Å². The summed E-state index contributed by atoms with van der Waals surface area (Å²) in [6, 6.07) is 7.22. The summed E-state index contributed by atoms with van der Waals surface area (Å²) in [5.41, 5.74) is 6.54. The smallest absolute Gasteiger partial charge is 0.222 e. The summed E-state index contributed by atoms with van der Waals surface area (Å²) >= 11 is 0. The summed E-state index contributed by atoms with van der Waals surface area (Å²) < 4.78 is 10.8. The van der Waals surface area contributed by atoms with Crippen molar-refractivity contribution in [3.63, 3.8) is 0 Å². The van der Waals surface area contributed by atoms with Gasteiger partial charge < -0.3 is 15.2 Å². The molecule has 0 unspecified atom stereocenters. The van der Waals surface area contributed by atoms with Crippen molar-refractivity contribution in [2.24, 2.45) is 5.73 Å². The van der Waals surface area contributed by atoms with Crippen LogP contribution in [-0.2, 0) is 6.54 Å². The molecule has 0 radical (unpaired) electrons. The maximum absolute atomic E-state index is 5.58. The molecule has 0 bridgehead atoms. The van der Waals surface area contributed by atoms with Gasteiger partial charge in [0.1, 0.15) is 6.33 Å². The predicted molar refractivity (Wildman–Crippen MR) is 63.0 cm³/mol. The number of ether oxygens (including phenoxy) is 2. The fourth-order valence-corrected chi connectivity index (χ4v) is 1.37. The molecule has 2 aromatic rings. The van der Waals surface area contributed by atoms with Gasteiger partial charge in [0, 0.05) is 18.8 Å². The first-order chi connectivity index (χ1) is 8.33. The Labute approximate surface area is 99.2 Å². The fourth-order valence-electron chi connectivity index (χ4n) is 1.37. The van der Waals surface area contributed by atoms with Crippen LogP contribution >= 0.6 is 0 Å². The predicted octanol–water partition coefficient (Wildman–Crippen LogP) is 1.74. The quantitative estimate of drug-likeness (QED) is 0.867. The van der Waals surface area contributed by atoms with E-state index in [1.807, 2.05) is 18.2 Å². The lowest BCUT2D eigenvalue weighted by Crippen LogP contribution is -1.98. The molecular formula is C12H13N3O2. The molecule has 0 spiro atoms. The highest BCUT2D eigenvalue weighted by Crippen LogP contribution is 2.31. The fraction of sp³-hybridized carbons (Fsp3) is 0.167. The molecule has 0 aliphatic carbocycles. The van der Waals surface area contributed by atoms with Crippen LogP contribution in [0.1, 0.15) is 5.56 Å². The summed E-state index contributed by atoms with van der Waals surface area (Å²) in [5.74, 6) is 1.70. The van der Waals surface area contributed by atoms with Crippen molar-refractivity contribution >= 4 is 0 Å². The number of aromatic nitrogens is 2. The monoisotopic (exact) mass is 231 g/mol. The number of methoxy groups -OCH3 is 1. The Kier molecular flexibility index (Phi) is 3.52. The van der Waals surface area contributed by atoms with Gasteiger partial charge in [-0.1, -0.05) is 6.07 Å². The number of benzene rings is 1. The van der Waals surface area contributed by atoms with Crippen molar-refractivity contribution in [1.29, 1.82) is 0 Å². The number of rotatable bonds is 4. The molecule has 88 valence electrons. The lowest BCUT2D eigenvalue weighted by atomic mass is 10.2. The Morgan fingerprint density at radius 1 is 1.24 bits per heavy atom. The molecule has 0 aliphatic rings. The van der Waals surface area contributed by atoms with Crippen LogP contribution in [-0.4, -0.2) is 17.1 Å². The molecule has 0 atom stereocenters. The number of hydrogen-bond acceptors (Lipinski definition) is 5. The maximum Gasteiger partial charge on any atom is 0.222 e. The molecule has 1 aromatic carbocycles. The minimum absolute atomic E-state index is 0.462. The molecule has 5 nitrogen and oxygen atoms in total. The van der Waals surface area contributed by atoms with Gasteiger partial charge in [-0.25, -0.2) is 9.97 Å². The molecule has 0 fully saturated rings. The number of nitrogens with zero attached hydrogens (tertiary/aromatic N) is 2. The number of nitrogens with two attached hydrogens (primary N) is 1. The Morgan fingerprint density at radius 2 is 2.12 bits per heavy atom. The van der Waals surface area contributed by atoms with Crippen molar-refractivity contribution < 1.29 is 9.47 Å². The van der Waals surface area contributed by atoms with Gasteiger partial charge in [0.25, 0.3) is 0 Å². The second-order valence-electron chi connectivity index (χ2n) is 3.34. The van der Waals surface area contributed by atoms with E-state index < -0.39 is 0 Å². The first kappa shape index (κ1) is 11.3. The third-order valence-electron chi connectivity index (χ3n) is 2.23. The zero-order chi connectivity index (χ0) is 12.1. The zero-order valence-corrected chi connectivity index (χ0v) is 9.46. The molecule has 1 aromatic heterocycles. The molecule has 0 amide bonds. The van der Waals surface area contributed by atoms with Crippen molar-refractivity contribution in [3.05, 3.63) is 42.4 Å².